The number of aliphatic carboxylic acids is 1. The van der Waals surface area contributed by atoms with Crippen LogP contribution in [0.2, 0.25) is 5.02 Å². The number of ether oxygens (including phenoxy) is 1. The van der Waals surface area contributed by atoms with Crippen LogP contribution in [0.3, 0.4) is 0 Å². The summed E-state index contributed by atoms with van der Waals surface area (Å²) in [5, 5.41) is 11.3. The van der Waals surface area contributed by atoms with Crippen LogP contribution in [0.1, 0.15) is 5.56 Å². The first-order valence-corrected chi connectivity index (χ1v) is 5.57. The maximum Gasteiger partial charge on any atom is 0.322 e. The van der Waals surface area contributed by atoms with Gasteiger partial charge in [0.25, 0.3) is 5.91 Å². The van der Waals surface area contributed by atoms with Gasteiger partial charge in [-0.15, -0.1) is 0 Å². The van der Waals surface area contributed by atoms with Crippen molar-refractivity contribution in [3.8, 4) is 5.75 Å². The summed E-state index contributed by atoms with van der Waals surface area (Å²) in [6.45, 7) is -0.307. The van der Waals surface area contributed by atoms with Crippen LogP contribution < -0.4 is 10.1 Å². The zero-order valence-corrected chi connectivity index (χ0v) is 10.0. The topological polar surface area (TPSA) is 75.6 Å². The molecule has 0 saturated carbocycles. The normalized spacial score (nSPS) is 13.1. The van der Waals surface area contributed by atoms with Gasteiger partial charge in [0.05, 0.1) is 5.57 Å². The fourth-order valence-electron chi connectivity index (χ4n) is 1.55. The average molecular weight is 268 g/mol. The van der Waals surface area contributed by atoms with E-state index in [1.807, 2.05) is 0 Å². The minimum Gasteiger partial charge on any atom is -0.488 e. The van der Waals surface area contributed by atoms with Crippen molar-refractivity contribution in [1.82, 2.24) is 5.32 Å². The van der Waals surface area contributed by atoms with Crippen molar-refractivity contribution in [2.24, 2.45) is 0 Å². The molecule has 1 heterocycles. The number of benzene rings is 1. The fourth-order valence-corrected chi connectivity index (χ4v) is 1.73. The van der Waals surface area contributed by atoms with Crippen molar-refractivity contribution in [2.75, 3.05) is 13.2 Å². The molecule has 1 aliphatic rings. The van der Waals surface area contributed by atoms with Gasteiger partial charge in [0, 0.05) is 10.6 Å². The summed E-state index contributed by atoms with van der Waals surface area (Å²) in [6, 6.07) is 5.10. The first kappa shape index (κ1) is 12.4. The molecule has 0 bridgehead atoms. The van der Waals surface area contributed by atoms with Crippen molar-refractivity contribution in [2.45, 2.75) is 0 Å². The maximum atomic E-state index is 11.6. The quantitative estimate of drug-likeness (QED) is 0.866. The van der Waals surface area contributed by atoms with Crippen molar-refractivity contribution in [1.29, 1.82) is 0 Å². The Morgan fingerprint density at radius 2 is 2.22 bits per heavy atom. The van der Waals surface area contributed by atoms with E-state index in [0.717, 1.165) is 0 Å². The highest BCUT2D eigenvalue weighted by Gasteiger charge is 2.17. The number of hydrogen-bond donors (Lipinski definition) is 2. The lowest BCUT2D eigenvalue weighted by Gasteiger charge is -2.17. The zero-order chi connectivity index (χ0) is 13.1. The summed E-state index contributed by atoms with van der Waals surface area (Å²) in [6.07, 6.45) is 1.64. The number of carboxylic acid groups (broad SMARTS) is 1. The van der Waals surface area contributed by atoms with E-state index in [0.29, 0.717) is 21.9 Å². The van der Waals surface area contributed by atoms with Crippen LogP contribution in [0, 0.1) is 0 Å². The number of carbonyl (C=O) groups is 2. The van der Waals surface area contributed by atoms with E-state index in [9.17, 15) is 9.59 Å². The number of rotatable bonds is 3. The number of hydrogen-bond acceptors (Lipinski definition) is 3. The molecule has 0 spiro atoms. The van der Waals surface area contributed by atoms with Crippen LogP contribution in [0.5, 0.6) is 5.75 Å². The SMILES string of the molecule is O=C(O)CNC(=O)C1=Cc2cc(Cl)ccc2OC1. The molecule has 1 aromatic rings. The molecule has 0 aliphatic carbocycles. The van der Waals surface area contributed by atoms with Crippen molar-refractivity contribution in [3.63, 3.8) is 0 Å². The summed E-state index contributed by atoms with van der Waals surface area (Å²) in [7, 11) is 0. The number of carbonyl (C=O) groups excluding carboxylic acids is 1. The molecule has 1 aliphatic heterocycles. The highest BCUT2D eigenvalue weighted by molar-refractivity contribution is 6.30. The Hall–Kier alpha value is -2.01. The predicted octanol–water partition coefficient (Wildman–Crippen LogP) is 1.32. The van der Waals surface area contributed by atoms with E-state index < -0.39 is 18.4 Å². The van der Waals surface area contributed by atoms with Crippen molar-refractivity contribution < 1.29 is 19.4 Å². The van der Waals surface area contributed by atoms with Gasteiger partial charge in [-0.05, 0) is 24.3 Å². The van der Waals surface area contributed by atoms with Crippen LogP contribution >= 0.6 is 11.6 Å². The summed E-state index contributed by atoms with van der Waals surface area (Å²) < 4.78 is 5.38. The fraction of sp³-hybridized carbons (Fsp3) is 0.167. The molecular weight excluding hydrogens is 258 g/mol. The Balaban J connectivity index is 2.16. The third kappa shape index (κ3) is 2.81. The summed E-state index contributed by atoms with van der Waals surface area (Å²) in [5.41, 5.74) is 1.07. The number of nitrogens with one attached hydrogen (secondary N) is 1. The van der Waals surface area contributed by atoms with Gasteiger partial charge in [-0.25, -0.2) is 0 Å². The van der Waals surface area contributed by atoms with Crippen molar-refractivity contribution >= 4 is 29.6 Å². The minimum absolute atomic E-state index is 0.111. The molecular formula is C12H10ClNO4. The van der Waals surface area contributed by atoms with Gasteiger partial charge in [0.2, 0.25) is 0 Å². The molecule has 0 atom stereocenters. The second-order valence-electron chi connectivity index (χ2n) is 3.72. The van der Waals surface area contributed by atoms with E-state index in [2.05, 4.69) is 5.32 Å². The lowest BCUT2D eigenvalue weighted by Crippen LogP contribution is -2.32. The number of halogens is 1. The van der Waals surface area contributed by atoms with E-state index in [-0.39, 0.29) is 6.61 Å². The molecule has 5 nitrogen and oxygen atoms in total. The first-order chi connectivity index (χ1) is 8.56. The third-order valence-electron chi connectivity index (χ3n) is 2.38. The van der Waals surface area contributed by atoms with Crippen LogP contribution in [0.15, 0.2) is 23.8 Å². The zero-order valence-electron chi connectivity index (χ0n) is 9.27. The molecule has 2 N–H and O–H groups in total. The maximum absolute atomic E-state index is 11.6. The molecule has 1 aromatic carbocycles. The molecule has 0 saturated heterocycles. The molecule has 0 fully saturated rings. The molecule has 0 unspecified atom stereocenters. The molecule has 0 aromatic heterocycles. The van der Waals surface area contributed by atoms with Gasteiger partial charge in [-0.3, -0.25) is 9.59 Å². The second-order valence-corrected chi connectivity index (χ2v) is 4.15. The molecule has 1 amide bonds. The Morgan fingerprint density at radius 1 is 1.44 bits per heavy atom. The average Bonchev–Trinajstić information content (AvgIpc) is 2.34. The Bertz CT molecular complexity index is 539. The van der Waals surface area contributed by atoms with E-state index in [4.69, 9.17) is 21.4 Å². The minimum atomic E-state index is -1.09. The van der Waals surface area contributed by atoms with Crippen LogP contribution in [0.4, 0.5) is 0 Å². The van der Waals surface area contributed by atoms with E-state index in [1.165, 1.54) is 0 Å². The summed E-state index contributed by atoms with van der Waals surface area (Å²) >= 11 is 5.84. The number of amides is 1. The number of carboxylic acids is 1. The third-order valence-corrected chi connectivity index (χ3v) is 2.61. The van der Waals surface area contributed by atoms with Crippen LogP contribution in [0.25, 0.3) is 6.08 Å². The van der Waals surface area contributed by atoms with Crippen LogP contribution in [-0.4, -0.2) is 30.1 Å². The summed E-state index contributed by atoms with van der Waals surface area (Å²) in [5.74, 6) is -0.902. The van der Waals surface area contributed by atoms with Gasteiger partial charge < -0.3 is 15.2 Å². The first-order valence-electron chi connectivity index (χ1n) is 5.19. The highest BCUT2D eigenvalue weighted by Crippen LogP contribution is 2.28. The van der Waals surface area contributed by atoms with E-state index >= 15 is 0 Å². The standard InChI is InChI=1S/C12H10ClNO4/c13-9-1-2-10-7(4-9)3-8(6-18-10)12(17)14-5-11(15)16/h1-4H,5-6H2,(H,14,17)(H,15,16). The highest BCUT2D eigenvalue weighted by atomic mass is 35.5. The number of fused-ring (bicyclic) bond motifs is 1. The molecule has 18 heavy (non-hydrogen) atoms. The largest absolute Gasteiger partial charge is 0.488 e. The van der Waals surface area contributed by atoms with Gasteiger partial charge in [0.15, 0.2) is 0 Å². The molecule has 6 heteroatoms. The van der Waals surface area contributed by atoms with Gasteiger partial charge >= 0.3 is 5.97 Å². The Morgan fingerprint density at radius 3 is 2.94 bits per heavy atom. The molecule has 94 valence electrons. The van der Waals surface area contributed by atoms with Gasteiger partial charge in [0.1, 0.15) is 18.9 Å². The lowest BCUT2D eigenvalue weighted by atomic mass is 10.1. The van der Waals surface area contributed by atoms with Gasteiger partial charge in [-0.1, -0.05) is 11.6 Å². The predicted molar refractivity (Wildman–Crippen MR) is 65.6 cm³/mol. The second kappa shape index (κ2) is 5.10. The molecule has 0 radical (unpaired) electrons. The summed E-state index contributed by atoms with van der Waals surface area (Å²) in [4.78, 5) is 22.0. The smallest absolute Gasteiger partial charge is 0.322 e. The monoisotopic (exact) mass is 267 g/mol. The van der Waals surface area contributed by atoms with Crippen LogP contribution in [-0.2, 0) is 9.59 Å². The lowest BCUT2D eigenvalue weighted by molar-refractivity contribution is -0.137. The molecule has 2 rings (SSSR count). The Kier molecular flexibility index (Phi) is 3.53. The van der Waals surface area contributed by atoms with E-state index in [1.54, 1.807) is 24.3 Å². The van der Waals surface area contributed by atoms with Gasteiger partial charge in [-0.2, -0.15) is 0 Å². The van der Waals surface area contributed by atoms with Crippen molar-refractivity contribution in [3.05, 3.63) is 34.4 Å². The Labute approximate surface area is 108 Å².